The lowest BCUT2D eigenvalue weighted by Gasteiger charge is -2.10. The molecule has 0 spiro atoms. The number of para-hydroxylation sites is 1. The van der Waals surface area contributed by atoms with E-state index >= 15 is 0 Å². The summed E-state index contributed by atoms with van der Waals surface area (Å²) in [5, 5.41) is 15.8. The first-order valence-corrected chi connectivity index (χ1v) is 7.90. The van der Waals surface area contributed by atoms with Crippen LogP contribution in [0.15, 0.2) is 42.5 Å². The van der Waals surface area contributed by atoms with Crippen molar-refractivity contribution in [3.63, 3.8) is 0 Å². The fourth-order valence-electron chi connectivity index (χ4n) is 2.20. The molecule has 0 heterocycles. The average molecular weight is 362 g/mol. The number of carbonyl (C=O) groups excluding carboxylic acids is 2. The van der Waals surface area contributed by atoms with Gasteiger partial charge >= 0.3 is 0 Å². The van der Waals surface area contributed by atoms with E-state index in [-0.39, 0.29) is 28.7 Å². The number of halogens is 1. The highest BCUT2D eigenvalue weighted by Gasteiger charge is 2.15. The van der Waals surface area contributed by atoms with E-state index in [4.69, 9.17) is 11.6 Å². The summed E-state index contributed by atoms with van der Waals surface area (Å²) in [6.45, 7) is 1.73. The highest BCUT2D eigenvalue weighted by atomic mass is 35.5. The number of rotatable bonds is 6. The molecular weight excluding hydrogens is 346 g/mol. The first-order chi connectivity index (χ1) is 11.9. The van der Waals surface area contributed by atoms with Crippen LogP contribution in [0.4, 0.5) is 11.4 Å². The molecule has 25 heavy (non-hydrogen) atoms. The van der Waals surface area contributed by atoms with Gasteiger partial charge in [-0.2, -0.15) is 0 Å². The normalized spacial score (nSPS) is 10.2. The van der Waals surface area contributed by atoms with E-state index in [2.05, 4.69) is 10.6 Å². The van der Waals surface area contributed by atoms with Gasteiger partial charge in [-0.1, -0.05) is 36.7 Å². The summed E-state index contributed by atoms with van der Waals surface area (Å²) in [6, 6.07) is 10.9. The molecule has 2 aromatic rings. The second-order valence-corrected chi connectivity index (χ2v) is 5.57. The summed E-state index contributed by atoms with van der Waals surface area (Å²) in [5.41, 5.74) is 1.53. The summed E-state index contributed by atoms with van der Waals surface area (Å²) < 4.78 is 0. The average Bonchev–Trinajstić information content (AvgIpc) is 2.60. The minimum Gasteiger partial charge on any atom is -0.343 e. The van der Waals surface area contributed by atoms with E-state index in [1.165, 1.54) is 12.1 Å². The Morgan fingerprint density at radius 2 is 1.92 bits per heavy atom. The fraction of sp³-hybridized carbons (Fsp3) is 0.176. The van der Waals surface area contributed by atoms with Crippen LogP contribution in [0.3, 0.4) is 0 Å². The number of non-ortho nitro benzene ring substituents is 1. The lowest BCUT2D eigenvalue weighted by molar-refractivity contribution is -0.384. The Kier molecular flexibility index (Phi) is 6.08. The van der Waals surface area contributed by atoms with Crippen LogP contribution in [-0.4, -0.2) is 23.3 Å². The molecule has 130 valence electrons. The largest absolute Gasteiger partial charge is 0.343 e. The minimum absolute atomic E-state index is 0.0524. The molecule has 8 heteroatoms. The van der Waals surface area contributed by atoms with E-state index in [0.717, 1.165) is 18.1 Å². The van der Waals surface area contributed by atoms with Gasteiger partial charge in [-0.25, -0.2) is 0 Å². The van der Waals surface area contributed by atoms with Gasteiger partial charge in [-0.15, -0.1) is 0 Å². The Bertz CT molecular complexity index is 823. The number of hydrogen-bond acceptors (Lipinski definition) is 4. The zero-order valence-corrected chi connectivity index (χ0v) is 14.2. The van der Waals surface area contributed by atoms with Crippen LogP contribution in [0, 0.1) is 10.1 Å². The lowest BCUT2D eigenvalue weighted by atomic mass is 10.1. The van der Waals surface area contributed by atoms with Crippen molar-refractivity contribution in [1.29, 1.82) is 0 Å². The third-order valence-corrected chi connectivity index (χ3v) is 3.80. The van der Waals surface area contributed by atoms with Gasteiger partial charge in [0.1, 0.15) is 0 Å². The maximum Gasteiger partial charge on any atom is 0.270 e. The minimum atomic E-state index is -0.605. The molecule has 7 nitrogen and oxygen atoms in total. The van der Waals surface area contributed by atoms with Crippen molar-refractivity contribution in [2.75, 3.05) is 11.9 Å². The molecule has 0 atom stereocenters. The third kappa shape index (κ3) is 4.77. The number of aryl methyl sites for hydroxylation is 1. The molecule has 2 N–H and O–H groups in total. The molecule has 0 aliphatic rings. The zero-order chi connectivity index (χ0) is 18.4. The SMILES string of the molecule is CCc1ccccc1NC(=O)CNC(=O)c1ccc([N+](=O)[O-])cc1Cl. The molecule has 0 saturated heterocycles. The van der Waals surface area contributed by atoms with Crippen molar-refractivity contribution in [2.24, 2.45) is 0 Å². The van der Waals surface area contributed by atoms with Crippen LogP contribution in [-0.2, 0) is 11.2 Å². The number of nitro groups is 1. The molecule has 2 rings (SSSR count). The second kappa shape index (κ2) is 8.25. The van der Waals surface area contributed by atoms with Crippen molar-refractivity contribution >= 4 is 34.8 Å². The van der Waals surface area contributed by atoms with E-state index in [0.29, 0.717) is 5.69 Å². The first kappa shape index (κ1) is 18.4. The standard InChI is InChI=1S/C17H16ClN3O4/c1-2-11-5-3-4-6-15(11)20-16(22)10-19-17(23)13-8-7-12(21(24)25)9-14(13)18/h3-9H,2,10H2,1H3,(H,19,23)(H,20,22). The Morgan fingerprint density at radius 1 is 1.20 bits per heavy atom. The summed E-state index contributed by atoms with van der Waals surface area (Å²) in [7, 11) is 0. The van der Waals surface area contributed by atoms with Crippen LogP contribution in [0.2, 0.25) is 5.02 Å². The molecule has 0 aliphatic heterocycles. The number of amides is 2. The van der Waals surface area contributed by atoms with E-state index < -0.39 is 10.8 Å². The second-order valence-electron chi connectivity index (χ2n) is 5.16. The summed E-state index contributed by atoms with van der Waals surface area (Å²) >= 11 is 5.89. The number of nitro benzene ring substituents is 1. The Hall–Kier alpha value is -2.93. The highest BCUT2D eigenvalue weighted by molar-refractivity contribution is 6.34. The molecule has 2 amide bonds. The van der Waals surface area contributed by atoms with Crippen LogP contribution in [0.1, 0.15) is 22.8 Å². The van der Waals surface area contributed by atoms with Gasteiger partial charge in [0, 0.05) is 17.8 Å². The van der Waals surface area contributed by atoms with Gasteiger partial charge in [-0.05, 0) is 24.1 Å². The van der Waals surface area contributed by atoms with Crippen LogP contribution >= 0.6 is 11.6 Å². The molecular formula is C17H16ClN3O4. The quantitative estimate of drug-likeness (QED) is 0.609. The van der Waals surface area contributed by atoms with E-state index in [1.807, 2.05) is 25.1 Å². The van der Waals surface area contributed by atoms with Gasteiger partial charge in [0.25, 0.3) is 11.6 Å². The number of nitrogens with zero attached hydrogens (tertiary/aromatic N) is 1. The number of nitrogens with one attached hydrogen (secondary N) is 2. The summed E-state index contributed by atoms with van der Waals surface area (Å²) in [5.74, 6) is -0.967. The zero-order valence-electron chi connectivity index (χ0n) is 13.4. The van der Waals surface area contributed by atoms with E-state index in [9.17, 15) is 19.7 Å². The number of benzene rings is 2. The Labute approximate surface area is 149 Å². The van der Waals surface area contributed by atoms with Gasteiger partial charge < -0.3 is 10.6 Å². The number of anilines is 1. The fourth-order valence-corrected chi connectivity index (χ4v) is 2.46. The third-order valence-electron chi connectivity index (χ3n) is 3.49. The molecule has 0 unspecified atom stereocenters. The molecule has 0 saturated carbocycles. The maximum atomic E-state index is 12.1. The summed E-state index contributed by atoms with van der Waals surface area (Å²) in [4.78, 5) is 34.1. The van der Waals surface area contributed by atoms with E-state index in [1.54, 1.807) is 6.07 Å². The number of hydrogen-bond donors (Lipinski definition) is 2. The maximum absolute atomic E-state index is 12.1. The van der Waals surface area contributed by atoms with Crippen LogP contribution < -0.4 is 10.6 Å². The highest BCUT2D eigenvalue weighted by Crippen LogP contribution is 2.22. The molecule has 0 aromatic heterocycles. The monoisotopic (exact) mass is 361 g/mol. The van der Waals surface area contributed by atoms with Gasteiger partial charge in [0.2, 0.25) is 5.91 Å². The van der Waals surface area contributed by atoms with Gasteiger partial charge in [0.15, 0.2) is 0 Å². The topological polar surface area (TPSA) is 101 Å². The van der Waals surface area contributed by atoms with Crippen molar-refractivity contribution in [3.8, 4) is 0 Å². The van der Waals surface area contributed by atoms with Crippen molar-refractivity contribution in [1.82, 2.24) is 5.32 Å². The van der Waals surface area contributed by atoms with Crippen LogP contribution in [0.25, 0.3) is 0 Å². The van der Waals surface area contributed by atoms with Crippen molar-refractivity contribution < 1.29 is 14.5 Å². The smallest absolute Gasteiger partial charge is 0.270 e. The van der Waals surface area contributed by atoms with Gasteiger partial charge in [-0.3, -0.25) is 19.7 Å². The Morgan fingerprint density at radius 3 is 2.56 bits per heavy atom. The molecule has 2 aromatic carbocycles. The number of carbonyl (C=O) groups is 2. The molecule has 0 radical (unpaired) electrons. The molecule has 0 fully saturated rings. The Balaban J connectivity index is 1.97. The van der Waals surface area contributed by atoms with Crippen LogP contribution in [0.5, 0.6) is 0 Å². The predicted octanol–water partition coefficient (Wildman–Crippen LogP) is 3.18. The first-order valence-electron chi connectivity index (χ1n) is 7.52. The lowest BCUT2D eigenvalue weighted by Crippen LogP contribution is -2.33. The molecule has 0 bridgehead atoms. The molecule has 0 aliphatic carbocycles. The van der Waals surface area contributed by atoms with Crippen molar-refractivity contribution in [2.45, 2.75) is 13.3 Å². The predicted molar refractivity (Wildman–Crippen MR) is 94.9 cm³/mol. The van der Waals surface area contributed by atoms with Crippen molar-refractivity contribution in [3.05, 3.63) is 68.7 Å². The van der Waals surface area contributed by atoms with Gasteiger partial charge in [0.05, 0.1) is 22.1 Å². The summed E-state index contributed by atoms with van der Waals surface area (Å²) in [6.07, 6.45) is 0.765.